The number of hydrogen-bond acceptors (Lipinski definition) is 4. The molecule has 0 saturated heterocycles. The Morgan fingerprint density at radius 2 is 1.42 bits per heavy atom. The van der Waals surface area contributed by atoms with Crippen LogP contribution in [0.2, 0.25) is 0 Å². The van der Waals surface area contributed by atoms with E-state index in [0.29, 0.717) is 17.1 Å². The lowest BCUT2D eigenvalue weighted by molar-refractivity contribution is -0.166. The summed E-state index contributed by atoms with van der Waals surface area (Å²) >= 11 is 0. The fourth-order valence-electron chi connectivity index (χ4n) is 3.85. The molecule has 1 aliphatic rings. The maximum Gasteiger partial charge on any atom is 0.315 e. The van der Waals surface area contributed by atoms with Crippen molar-refractivity contribution in [3.8, 4) is 11.5 Å². The quantitative estimate of drug-likeness (QED) is 0.827. The van der Waals surface area contributed by atoms with Crippen LogP contribution in [0.1, 0.15) is 23.5 Å². The summed E-state index contributed by atoms with van der Waals surface area (Å²) in [5.41, 5.74) is -0.186. The zero-order valence-electron chi connectivity index (χ0n) is 14.5. The summed E-state index contributed by atoms with van der Waals surface area (Å²) in [6.45, 7) is 0. The molecule has 0 bridgehead atoms. The van der Waals surface area contributed by atoms with Crippen molar-refractivity contribution < 1.29 is 29.3 Å². The average Bonchev–Trinajstić information content (AvgIpc) is 2.61. The number of benzene rings is 2. The number of methoxy groups -OCH3 is 2. The molecular formula is C20H20O6. The van der Waals surface area contributed by atoms with Crippen LogP contribution >= 0.6 is 0 Å². The lowest BCUT2D eigenvalue weighted by Gasteiger charge is -2.50. The topological polar surface area (TPSA) is 93.1 Å². The molecule has 2 aromatic rings. The van der Waals surface area contributed by atoms with Gasteiger partial charge in [-0.2, -0.15) is 0 Å². The molecule has 0 amide bonds. The van der Waals surface area contributed by atoms with Crippen LogP contribution in [0, 0.1) is 5.92 Å². The Morgan fingerprint density at radius 3 is 1.85 bits per heavy atom. The normalized spacial score (nSPS) is 24.4. The zero-order chi connectivity index (χ0) is 18.9. The Balaban J connectivity index is 2.00. The summed E-state index contributed by atoms with van der Waals surface area (Å²) in [5, 5.41) is 19.7. The van der Waals surface area contributed by atoms with Gasteiger partial charge in [0.1, 0.15) is 16.9 Å². The van der Waals surface area contributed by atoms with E-state index in [1.165, 1.54) is 7.11 Å². The van der Waals surface area contributed by atoms with Gasteiger partial charge in [0.05, 0.1) is 20.1 Å². The van der Waals surface area contributed by atoms with Crippen molar-refractivity contribution in [2.45, 2.75) is 17.8 Å². The Labute approximate surface area is 151 Å². The van der Waals surface area contributed by atoms with Gasteiger partial charge in [0.25, 0.3) is 0 Å². The molecule has 1 aliphatic carbocycles. The smallest absolute Gasteiger partial charge is 0.315 e. The molecule has 3 atom stereocenters. The molecular weight excluding hydrogens is 336 g/mol. The van der Waals surface area contributed by atoms with Crippen LogP contribution in [0.15, 0.2) is 48.5 Å². The molecule has 2 N–H and O–H groups in total. The van der Waals surface area contributed by atoms with Crippen molar-refractivity contribution in [3.05, 3.63) is 59.7 Å². The van der Waals surface area contributed by atoms with E-state index in [4.69, 9.17) is 9.47 Å². The minimum Gasteiger partial charge on any atom is -0.497 e. The van der Waals surface area contributed by atoms with Crippen LogP contribution in [0.4, 0.5) is 0 Å². The summed E-state index contributed by atoms with van der Waals surface area (Å²) in [5.74, 6) is -2.42. The molecule has 0 spiro atoms. The van der Waals surface area contributed by atoms with Crippen molar-refractivity contribution in [2.24, 2.45) is 5.92 Å². The van der Waals surface area contributed by atoms with Gasteiger partial charge >= 0.3 is 11.9 Å². The first-order chi connectivity index (χ1) is 12.4. The summed E-state index contributed by atoms with van der Waals surface area (Å²) in [6, 6.07) is 13.7. The largest absolute Gasteiger partial charge is 0.497 e. The summed E-state index contributed by atoms with van der Waals surface area (Å²) < 4.78 is 10.2. The molecule has 6 nitrogen and oxygen atoms in total. The van der Waals surface area contributed by atoms with Crippen LogP contribution in [0.3, 0.4) is 0 Å². The van der Waals surface area contributed by atoms with Gasteiger partial charge in [-0.3, -0.25) is 9.59 Å². The molecule has 1 fully saturated rings. The van der Waals surface area contributed by atoms with Crippen molar-refractivity contribution in [2.75, 3.05) is 14.2 Å². The third kappa shape index (κ3) is 2.67. The van der Waals surface area contributed by atoms with E-state index >= 15 is 0 Å². The van der Waals surface area contributed by atoms with Crippen LogP contribution in [0.25, 0.3) is 0 Å². The third-order valence-electron chi connectivity index (χ3n) is 5.27. The number of carbonyl (C=O) groups is 2. The highest BCUT2D eigenvalue weighted by Crippen LogP contribution is 2.58. The molecule has 0 heterocycles. The van der Waals surface area contributed by atoms with Crippen molar-refractivity contribution in [1.82, 2.24) is 0 Å². The second kappa shape index (κ2) is 6.71. The van der Waals surface area contributed by atoms with Gasteiger partial charge in [0.2, 0.25) is 0 Å². The molecule has 0 aromatic heterocycles. The lowest BCUT2D eigenvalue weighted by Crippen LogP contribution is -2.58. The predicted octanol–water partition coefficient (Wildman–Crippen LogP) is 2.91. The van der Waals surface area contributed by atoms with Crippen molar-refractivity contribution in [3.63, 3.8) is 0 Å². The van der Waals surface area contributed by atoms with E-state index in [1.54, 1.807) is 55.6 Å². The monoisotopic (exact) mass is 356 g/mol. The zero-order valence-corrected chi connectivity index (χ0v) is 14.5. The molecule has 0 aliphatic heterocycles. The number of hydrogen-bond donors (Lipinski definition) is 2. The van der Waals surface area contributed by atoms with E-state index in [0.717, 1.165) is 5.56 Å². The van der Waals surface area contributed by atoms with Gasteiger partial charge in [-0.1, -0.05) is 24.3 Å². The number of aliphatic carboxylic acids is 2. The van der Waals surface area contributed by atoms with Crippen LogP contribution < -0.4 is 9.47 Å². The molecule has 0 unspecified atom stereocenters. The van der Waals surface area contributed by atoms with Crippen LogP contribution in [-0.4, -0.2) is 36.4 Å². The molecule has 3 rings (SSSR count). The number of carboxylic acid groups (broad SMARTS) is 2. The van der Waals surface area contributed by atoms with E-state index in [1.807, 2.05) is 0 Å². The first-order valence-corrected chi connectivity index (χ1v) is 8.18. The Hall–Kier alpha value is -3.02. The second-order valence-electron chi connectivity index (χ2n) is 6.40. The van der Waals surface area contributed by atoms with Gasteiger partial charge in [-0.15, -0.1) is 0 Å². The highest BCUT2D eigenvalue weighted by Gasteiger charge is 2.63. The highest BCUT2D eigenvalue weighted by molar-refractivity contribution is 5.92. The van der Waals surface area contributed by atoms with E-state index in [9.17, 15) is 19.8 Å². The molecule has 136 valence electrons. The first-order valence-electron chi connectivity index (χ1n) is 8.18. The lowest BCUT2D eigenvalue weighted by atomic mass is 9.49. The first kappa shape index (κ1) is 17.8. The predicted molar refractivity (Wildman–Crippen MR) is 93.8 cm³/mol. The van der Waals surface area contributed by atoms with E-state index in [-0.39, 0.29) is 12.3 Å². The fourth-order valence-corrected chi connectivity index (χ4v) is 3.85. The summed E-state index contributed by atoms with van der Waals surface area (Å²) in [7, 11) is 3.07. The molecule has 1 saturated carbocycles. The van der Waals surface area contributed by atoms with Crippen molar-refractivity contribution >= 4 is 11.9 Å². The average molecular weight is 356 g/mol. The molecule has 26 heavy (non-hydrogen) atoms. The Morgan fingerprint density at radius 1 is 0.923 bits per heavy atom. The van der Waals surface area contributed by atoms with Gasteiger partial charge in [-0.05, 0) is 41.8 Å². The minimum atomic E-state index is -1.46. The number of ether oxygens (including phenoxy) is 2. The Kier molecular flexibility index (Phi) is 4.59. The van der Waals surface area contributed by atoms with E-state index in [2.05, 4.69) is 0 Å². The molecule has 0 radical (unpaired) electrons. The second-order valence-corrected chi connectivity index (χ2v) is 6.40. The van der Waals surface area contributed by atoms with E-state index < -0.39 is 23.3 Å². The van der Waals surface area contributed by atoms with Crippen molar-refractivity contribution in [1.29, 1.82) is 0 Å². The maximum atomic E-state index is 12.1. The summed E-state index contributed by atoms with van der Waals surface area (Å²) in [4.78, 5) is 24.1. The number of rotatable bonds is 6. The maximum absolute atomic E-state index is 12.1. The molecule has 6 heteroatoms. The van der Waals surface area contributed by atoms with Crippen LogP contribution in [-0.2, 0) is 15.0 Å². The van der Waals surface area contributed by atoms with Gasteiger partial charge in [-0.25, -0.2) is 0 Å². The Bertz CT molecular complexity index is 811. The van der Waals surface area contributed by atoms with Gasteiger partial charge in [0, 0.05) is 5.92 Å². The van der Waals surface area contributed by atoms with Gasteiger partial charge in [0.15, 0.2) is 0 Å². The SMILES string of the molecule is COc1ccc([C@@H]2C[C@@](C(=O)O)(c3ccc(OC)cc3)[C@H]2C(=O)O)cc1. The highest BCUT2D eigenvalue weighted by atomic mass is 16.5. The van der Waals surface area contributed by atoms with Gasteiger partial charge < -0.3 is 19.7 Å². The van der Waals surface area contributed by atoms with Crippen LogP contribution in [0.5, 0.6) is 11.5 Å². The standard InChI is InChI=1S/C20H20O6/c1-25-14-7-3-12(4-8-14)16-11-20(19(23)24,17(16)18(21)22)13-5-9-15(26-2)10-6-13/h3-10,16-17H,11H2,1-2H3,(H,21,22)(H,23,24)/t16-,17+,20+/m0/s1. The minimum absolute atomic E-state index is 0.220. The summed E-state index contributed by atoms with van der Waals surface area (Å²) in [6.07, 6.45) is 0.220. The number of carboxylic acids is 2. The third-order valence-corrected chi connectivity index (χ3v) is 5.27. The molecule has 2 aromatic carbocycles. The fraction of sp³-hybridized carbons (Fsp3) is 0.300.